The highest BCUT2D eigenvalue weighted by Crippen LogP contribution is 2.06. The normalized spacial score (nSPS) is 13.5. The second-order valence-corrected chi connectivity index (χ2v) is 4.86. The summed E-state index contributed by atoms with van der Waals surface area (Å²) in [5.41, 5.74) is 0. The van der Waals surface area contributed by atoms with Crippen LogP contribution in [0.15, 0.2) is 0 Å². The summed E-state index contributed by atoms with van der Waals surface area (Å²) in [6.45, 7) is 2.28. The molecule has 0 saturated heterocycles. The van der Waals surface area contributed by atoms with Crippen LogP contribution < -0.4 is 4.72 Å². The summed E-state index contributed by atoms with van der Waals surface area (Å²) >= 11 is 0. The smallest absolute Gasteiger partial charge is 0.225 e. The molecule has 0 rings (SSSR count). The van der Waals surface area contributed by atoms with Gasteiger partial charge < -0.3 is 5.11 Å². The molecule has 0 aliphatic rings. The van der Waals surface area contributed by atoms with E-state index in [0.717, 1.165) is 6.42 Å². The minimum atomic E-state index is -3.45. The van der Waals surface area contributed by atoms with Crippen molar-refractivity contribution >= 4 is 10.0 Å². The number of hydrogen-bond acceptors (Lipinski definition) is 4. The number of rotatable bonds is 7. The molecular formula is C8H16N2O3S. The molecule has 0 aromatic heterocycles. The van der Waals surface area contributed by atoms with E-state index in [0.29, 0.717) is 13.0 Å². The maximum absolute atomic E-state index is 11.1. The molecule has 1 unspecified atom stereocenters. The van der Waals surface area contributed by atoms with E-state index < -0.39 is 15.8 Å². The summed E-state index contributed by atoms with van der Waals surface area (Å²) < 4.78 is 24.5. The standard InChI is InChI=1S/C8H16N2O3S/c1-2-8(3-5-11)7-10-14(12,13)6-4-9/h8,10-11H,2-3,5-7H2,1H3. The lowest BCUT2D eigenvalue weighted by Crippen LogP contribution is -2.31. The SMILES string of the molecule is CCC(CCO)CNS(=O)(=O)CC#N. The quantitative estimate of drug-likeness (QED) is 0.623. The van der Waals surface area contributed by atoms with Gasteiger partial charge in [-0.15, -0.1) is 0 Å². The molecule has 0 bridgehead atoms. The fourth-order valence-corrected chi connectivity index (χ4v) is 1.78. The van der Waals surface area contributed by atoms with Crippen LogP contribution in [0.2, 0.25) is 0 Å². The first-order chi connectivity index (χ1) is 6.55. The summed E-state index contributed by atoms with van der Waals surface area (Å²) in [5, 5.41) is 16.9. The van der Waals surface area contributed by atoms with Crippen LogP contribution in [0.4, 0.5) is 0 Å². The van der Waals surface area contributed by atoms with Gasteiger partial charge in [0.25, 0.3) is 0 Å². The molecular weight excluding hydrogens is 204 g/mol. The second-order valence-electron chi connectivity index (χ2n) is 3.05. The first-order valence-electron chi connectivity index (χ1n) is 4.50. The fraction of sp³-hybridized carbons (Fsp3) is 0.875. The lowest BCUT2D eigenvalue weighted by atomic mass is 10.0. The van der Waals surface area contributed by atoms with E-state index in [1.54, 1.807) is 6.07 Å². The van der Waals surface area contributed by atoms with Gasteiger partial charge in [0, 0.05) is 13.2 Å². The minimum absolute atomic E-state index is 0.0541. The Balaban J connectivity index is 3.97. The van der Waals surface area contributed by atoms with Crippen molar-refractivity contribution in [3.63, 3.8) is 0 Å². The van der Waals surface area contributed by atoms with Crippen molar-refractivity contribution in [2.75, 3.05) is 18.9 Å². The predicted molar refractivity (Wildman–Crippen MR) is 52.9 cm³/mol. The minimum Gasteiger partial charge on any atom is -0.396 e. The number of aliphatic hydroxyl groups is 1. The van der Waals surface area contributed by atoms with Crippen molar-refractivity contribution in [2.45, 2.75) is 19.8 Å². The molecule has 2 N–H and O–H groups in total. The third kappa shape index (κ3) is 5.91. The highest BCUT2D eigenvalue weighted by Gasteiger charge is 2.12. The van der Waals surface area contributed by atoms with Crippen LogP contribution in [-0.2, 0) is 10.0 Å². The van der Waals surface area contributed by atoms with Crippen LogP contribution in [-0.4, -0.2) is 32.4 Å². The van der Waals surface area contributed by atoms with E-state index in [1.165, 1.54) is 0 Å². The van der Waals surface area contributed by atoms with E-state index in [9.17, 15) is 8.42 Å². The number of sulfonamides is 1. The summed E-state index contributed by atoms with van der Waals surface area (Å²) in [4.78, 5) is 0. The van der Waals surface area contributed by atoms with Crippen molar-refractivity contribution in [2.24, 2.45) is 5.92 Å². The molecule has 6 heteroatoms. The van der Waals surface area contributed by atoms with Gasteiger partial charge in [-0.2, -0.15) is 5.26 Å². The summed E-state index contributed by atoms with van der Waals surface area (Å²) in [6, 6.07) is 1.58. The molecule has 0 fully saturated rings. The largest absolute Gasteiger partial charge is 0.396 e. The molecule has 14 heavy (non-hydrogen) atoms. The molecule has 0 saturated carbocycles. The second kappa shape index (κ2) is 6.76. The van der Waals surface area contributed by atoms with Crippen molar-refractivity contribution < 1.29 is 13.5 Å². The zero-order valence-corrected chi connectivity index (χ0v) is 9.05. The Kier molecular flexibility index (Phi) is 6.45. The van der Waals surface area contributed by atoms with Gasteiger partial charge in [0.15, 0.2) is 5.75 Å². The van der Waals surface area contributed by atoms with Gasteiger partial charge in [0.05, 0.1) is 6.07 Å². The van der Waals surface area contributed by atoms with Crippen molar-refractivity contribution in [1.29, 1.82) is 5.26 Å². The van der Waals surface area contributed by atoms with Crippen LogP contribution >= 0.6 is 0 Å². The third-order valence-corrected chi connectivity index (χ3v) is 3.08. The van der Waals surface area contributed by atoms with Gasteiger partial charge in [-0.05, 0) is 12.3 Å². The van der Waals surface area contributed by atoms with E-state index in [-0.39, 0.29) is 12.5 Å². The number of nitrogens with one attached hydrogen (secondary N) is 1. The molecule has 82 valence electrons. The molecule has 0 aliphatic heterocycles. The summed E-state index contributed by atoms with van der Waals surface area (Å²) in [5.74, 6) is -0.379. The first kappa shape index (κ1) is 13.4. The molecule has 5 nitrogen and oxygen atoms in total. The number of nitrogens with zero attached hydrogens (tertiary/aromatic N) is 1. The summed E-state index contributed by atoms with van der Waals surface area (Å²) in [7, 11) is -3.45. The Morgan fingerprint density at radius 2 is 2.21 bits per heavy atom. The van der Waals surface area contributed by atoms with Crippen LogP contribution in [0.5, 0.6) is 0 Å². The van der Waals surface area contributed by atoms with Crippen molar-refractivity contribution in [1.82, 2.24) is 4.72 Å². The molecule has 0 aromatic carbocycles. The average Bonchev–Trinajstić information content (AvgIpc) is 2.12. The zero-order valence-electron chi connectivity index (χ0n) is 8.23. The lowest BCUT2D eigenvalue weighted by molar-refractivity contribution is 0.254. The van der Waals surface area contributed by atoms with Gasteiger partial charge in [-0.1, -0.05) is 13.3 Å². The Labute approximate surface area is 84.8 Å². The highest BCUT2D eigenvalue weighted by atomic mass is 32.2. The van der Waals surface area contributed by atoms with Crippen LogP contribution in [0.1, 0.15) is 19.8 Å². The molecule has 0 amide bonds. The van der Waals surface area contributed by atoms with E-state index in [2.05, 4.69) is 4.72 Å². The van der Waals surface area contributed by atoms with Crippen LogP contribution in [0.3, 0.4) is 0 Å². The maximum atomic E-state index is 11.1. The van der Waals surface area contributed by atoms with Crippen molar-refractivity contribution in [3.05, 3.63) is 0 Å². The predicted octanol–water partition coefficient (Wildman–Crippen LogP) is -0.162. The van der Waals surface area contributed by atoms with E-state index in [1.807, 2.05) is 6.92 Å². The molecule has 0 aliphatic carbocycles. The van der Waals surface area contributed by atoms with E-state index >= 15 is 0 Å². The van der Waals surface area contributed by atoms with Crippen LogP contribution in [0.25, 0.3) is 0 Å². The topological polar surface area (TPSA) is 90.2 Å². The number of nitriles is 1. The molecule has 0 radical (unpaired) electrons. The molecule has 0 aromatic rings. The Bertz CT molecular complexity index is 281. The summed E-state index contributed by atoms with van der Waals surface area (Å²) in [6.07, 6.45) is 1.38. The van der Waals surface area contributed by atoms with Crippen molar-refractivity contribution in [3.8, 4) is 6.07 Å². The lowest BCUT2D eigenvalue weighted by Gasteiger charge is -2.13. The molecule has 0 heterocycles. The molecule has 0 spiro atoms. The average molecular weight is 220 g/mol. The van der Waals surface area contributed by atoms with Gasteiger partial charge in [-0.25, -0.2) is 13.1 Å². The number of aliphatic hydroxyl groups excluding tert-OH is 1. The monoisotopic (exact) mass is 220 g/mol. The number of hydrogen-bond donors (Lipinski definition) is 2. The van der Waals surface area contributed by atoms with E-state index in [4.69, 9.17) is 10.4 Å². The van der Waals surface area contributed by atoms with Gasteiger partial charge in [0.2, 0.25) is 10.0 Å². The van der Waals surface area contributed by atoms with Gasteiger partial charge in [0.1, 0.15) is 0 Å². The fourth-order valence-electron chi connectivity index (χ4n) is 1.01. The van der Waals surface area contributed by atoms with Crippen LogP contribution in [0, 0.1) is 17.2 Å². The Morgan fingerprint density at radius 1 is 1.57 bits per heavy atom. The maximum Gasteiger partial charge on any atom is 0.225 e. The highest BCUT2D eigenvalue weighted by molar-refractivity contribution is 7.89. The zero-order chi connectivity index (χ0) is 11.0. The first-order valence-corrected chi connectivity index (χ1v) is 6.16. The van der Waals surface area contributed by atoms with Gasteiger partial charge in [-0.3, -0.25) is 0 Å². The third-order valence-electron chi connectivity index (χ3n) is 1.96. The molecule has 1 atom stereocenters. The Hall–Kier alpha value is -0.640. The Morgan fingerprint density at radius 3 is 2.64 bits per heavy atom. The van der Waals surface area contributed by atoms with Gasteiger partial charge >= 0.3 is 0 Å².